The number of aldehydes is 1. The largest absolute Gasteiger partial charge is 0.390 e. The third-order valence-electron chi connectivity index (χ3n) is 12.6. The second kappa shape index (κ2) is 24.4. The van der Waals surface area contributed by atoms with E-state index in [1.54, 1.807) is 30.6 Å². The third kappa shape index (κ3) is 12.1. The minimum absolute atomic E-state index is 0. The molecule has 0 bridgehead atoms. The lowest BCUT2D eigenvalue weighted by Crippen LogP contribution is -2.29. The Morgan fingerprint density at radius 3 is 1.46 bits per heavy atom. The van der Waals surface area contributed by atoms with Crippen molar-refractivity contribution in [3.05, 3.63) is 140 Å². The van der Waals surface area contributed by atoms with E-state index < -0.39 is 0 Å². The molecule has 4 heterocycles. The molecule has 20 heteroatoms. The van der Waals surface area contributed by atoms with Crippen LogP contribution in [0.15, 0.2) is 97.3 Å². The Morgan fingerprint density at radius 1 is 0.622 bits per heavy atom. The number of fused-ring (bicyclic) bond motifs is 2. The summed E-state index contributed by atoms with van der Waals surface area (Å²) in [6, 6.07) is 25.8. The first-order valence-corrected chi connectivity index (χ1v) is 23.1. The highest BCUT2D eigenvalue weighted by atomic mass is 16.6. The Kier molecular flexibility index (Phi) is 18.7. The van der Waals surface area contributed by atoms with Crippen molar-refractivity contribution in [1.29, 1.82) is 0 Å². The van der Waals surface area contributed by atoms with Crippen molar-refractivity contribution in [3.63, 3.8) is 0 Å². The quantitative estimate of drug-likeness (QED) is 0.0413. The van der Waals surface area contributed by atoms with Gasteiger partial charge in [-0.1, -0.05) is 51.3 Å². The van der Waals surface area contributed by atoms with Gasteiger partial charge in [-0.2, -0.15) is 0 Å². The molecule has 0 fully saturated rings. The van der Waals surface area contributed by atoms with Gasteiger partial charge in [0.2, 0.25) is 11.9 Å². The van der Waals surface area contributed by atoms with Crippen molar-refractivity contribution in [2.45, 2.75) is 35.3 Å². The molecule has 0 spiro atoms. The third-order valence-corrected chi connectivity index (χ3v) is 12.6. The van der Waals surface area contributed by atoms with E-state index in [2.05, 4.69) is 25.6 Å². The van der Waals surface area contributed by atoms with Gasteiger partial charge in [-0.3, -0.25) is 25.0 Å². The lowest BCUT2D eigenvalue weighted by Gasteiger charge is -2.22. The number of carbonyl (C=O) groups is 1. The Bertz CT molecular complexity index is 3290. The number of aliphatic hydroxyl groups excluding tert-OH is 1. The zero-order chi connectivity index (χ0) is 52.0. The molecule has 0 unspecified atom stereocenters. The summed E-state index contributed by atoms with van der Waals surface area (Å²) in [4.78, 5) is 60.8. The molecule has 4 aromatic carbocycles. The number of nitro benzene ring substituents is 2. The van der Waals surface area contributed by atoms with E-state index in [0.29, 0.717) is 64.4 Å². The number of aliphatic hydroxyl groups is 1. The van der Waals surface area contributed by atoms with Gasteiger partial charge >= 0.3 is 0 Å². The molecule has 0 amide bonds. The number of nitro groups is 2. The summed E-state index contributed by atoms with van der Waals surface area (Å²) in [6.07, 6.45) is 4.07. The maximum atomic E-state index is 11.9. The number of para-hydroxylation sites is 2. The van der Waals surface area contributed by atoms with Gasteiger partial charge in [0.1, 0.15) is 11.4 Å². The normalized spacial score (nSPS) is 10.9. The van der Waals surface area contributed by atoms with Crippen LogP contribution >= 0.6 is 0 Å². The van der Waals surface area contributed by atoms with Gasteiger partial charge in [0, 0.05) is 112 Å². The number of rotatable bonds is 18. The first-order valence-electron chi connectivity index (χ1n) is 23.1. The second-order valence-electron chi connectivity index (χ2n) is 18.1. The number of hydrogen-bond donors (Lipinski definition) is 3. The predicted octanol–water partition coefficient (Wildman–Crippen LogP) is 9.76. The lowest BCUT2D eigenvalue weighted by molar-refractivity contribution is -0.384. The van der Waals surface area contributed by atoms with Crippen LogP contribution in [-0.4, -0.2) is 129 Å². The van der Waals surface area contributed by atoms with Crippen LogP contribution in [-0.2, 0) is 20.7 Å². The molecule has 74 heavy (non-hydrogen) atoms. The molecule has 0 saturated carbocycles. The van der Waals surface area contributed by atoms with Gasteiger partial charge in [-0.15, -0.1) is 0 Å². The molecule has 0 aliphatic carbocycles. The fourth-order valence-corrected chi connectivity index (χ4v) is 8.57. The number of hydrogen-bond acceptors (Lipinski definition) is 16. The molecule has 8 rings (SSSR count). The molecule has 4 aromatic heterocycles. The number of benzene rings is 4. The highest BCUT2D eigenvalue weighted by Gasteiger charge is 2.24. The Balaban J connectivity index is 0.000000267. The zero-order valence-electron chi connectivity index (χ0n) is 42.2. The number of carbonyl (C=O) groups excluding carboxylic acids is 1. The van der Waals surface area contributed by atoms with E-state index in [1.165, 1.54) is 12.1 Å². The van der Waals surface area contributed by atoms with Crippen LogP contribution in [0.5, 0.6) is 0 Å². The monoisotopic (exact) mass is 1010 g/mol. The van der Waals surface area contributed by atoms with E-state index >= 15 is 0 Å². The fourth-order valence-electron chi connectivity index (χ4n) is 8.57. The first kappa shape index (κ1) is 56.6. The summed E-state index contributed by atoms with van der Waals surface area (Å²) in [5.41, 5.74) is 9.83. The standard InChI is InChI=1S/C26H31N7O3.C26H29N7O3.2CH4/c2*1-17-14-22(31(4)13-12-30(2)3)23(33(35)36)15-20(17)29-26-27-11-10-19(28-26)25-18-8-6-7-9-21(18)32(5)24(25)16-34;;/h6-11,14-15,34H,12-13,16H2,1-5H3,(H,27,28,29);6-11,14-16H,12-13H2,1-5H3,(H,27,28,29);2*1H4. The van der Waals surface area contributed by atoms with E-state index in [4.69, 9.17) is 4.98 Å². The van der Waals surface area contributed by atoms with Crippen molar-refractivity contribution in [2.24, 2.45) is 14.1 Å². The lowest BCUT2D eigenvalue weighted by atomic mass is 10.1. The summed E-state index contributed by atoms with van der Waals surface area (Å²) in [5, 5.41) is 42.1. The molecule has 0 radical (unpaired) electrons. The summed E-state index contributed by atoms with van der Waals surface area (Å²) in [7, 11) is 15.3. The molecule has 0 atom stereocenters. The molecule has 0 saturated heterocycles. The van der Waals surface area contributed by atoms with Gasteiger partial charge < -0.3 is 44.5 Å². The average Bonchev–Trinajstić information content (AvgIpc) is 3.82. The van der Waals surface area contributed by atoms with E-state index in [9.17, 15) is 30.1 Å². The summed E-state index contributed by atoms with van der Waals surface area (Å²) >= 11 is 0. The summed E-state index contributed by atoms with van der Waals surface area (Å²) in [6.45, 7) is 6.49. The first-order chi connectivity index (χ1) is 34.4. The van der Waals surface area contributed by atoms with Gasteiger partial charge in [-0.05, 0) is 89.6 Å². The minimum Gasteiger partial charge on any atom is -0.390 e. The van der Waals surface area contributed by atoms with Crippen LogP contribution in [0.2, 0.25) is 0 Å². The van der Waals surface area contributed by atoms with Gasteiger partial charge in [0.15, 0.2) is 6.29 Å². The number of nitrogens with one attached hydrogen (secondary N) is 2. The highest BCUT2D eigenvalue weighted by molar-refractivity contribution is 6.04. The molecule has 0 aliphatic heterocycles. The molecule has 390 valence electrons. The van der Waals surface area contributed by atoms with Crippen molar-refractivity contribution >= 4 is 74.1 Å². The van der Waals surface area contributed by atoms with Crippen LogP contribution in [0, 0.1) is 34.1 Å². The zero-order valence-corrected chi connectivity index (χ0v) is 42.2. The number of likely N-dealkylation sites (N-methyl/N-ethyl adjacent to an activating group) is 4. The van der Waals surface area contributed by atoms with Crippen molar-refractivity contribution in [1.82, 2.24) is 38.9 Å². The van der Waals surface area contributed by atoms with Crippen LogP contribution in [0.25, 0.3) is 44.3 Å². The van der Waals surface area contributed by atoms with Crippen LogP contribution in [0.1, 0.15) is 42.2 Å². The van der Waals surface area contributed by atoms with E-state index in [-0.39, 0.29) is 48.6 Å². The number of anilines is 6. The number of aryl methyl sites for hydroxylation is 4. The second-order valence-corrected chi connectivity index (χ2v) is 18.1. The number of aromatic nitrogens is 6. The molecular formula is C54H68N14O6. The Hall–Kier alpha value is -8.33. The predicted molar refractivity (Wildman–Crippen MR) is 299 cm³/mol. The Labute approximate surface area is 432 Å². The average molecular weight is 1010 g/mol. The van der Waals surface area contributed by atoms with Crippen LogP contribution in [0.4, 0.5) is 46.0 Å². The van der Waals surface area contributed by atoms with Crippen molar-refractivity contribution in [2.75, 3.05) is 88.9 Å². The van der Waals surface area contributed by atoms with Crippen molar-refractivity contribution in [3.8, 4) is 22.5 Å². The Morgan fingerprint density at radius 2 is 1.04 bits per heavy atom. The SMILES string of the molecule is C.C.Cc1cc(N(C)CCN(C)C)c([N+](=O)[O-])cc1Nc1nccc(-c2c(C=O)n(C)c3ccccc23)n1.Cc1cc(N(C)CCN(C)C)c([N+](=O)[O-])cc1Nc1nccc(-c2c(CO)n(C)c3ccccc23)n1. The molecule has 0 aliphatic rings. The smallest absolute Gasteiger partial charge is 0.294 e. The molecular weight excluding hydrogens is 941 g/mol. The molecule has 8 aromatic rings. The maximum Gasteiger partial charge on any atom is 0.294 e. The number of nitrogens with zero attached hydrogens (tertiary/aromatic N) is 12. The maximum absolute atomic E-state index is 11.9. The highest BCUT2D eigenvalue weighted by Crippen LogP contribution is 2.38. The molecule has 20 nitrogen and oxygen atoms in total. The van der Waals surface area contributed by atoms with E-state index in [1.807, 2.05) is 154 Å². The van der Waals surface area contributed by atoms with Crippen LogP contribution < -0.4 is 20.4 Å². The van der Waals surface area contributed by atoms with E-state index in [0.717, 1.165) is 63.6 Å². The van der Waals surface area contributed by atoms with Gasteiger partial charge in [0.25, 0.3) is 11.4 Å². The summed E-state index contributed by atoms with van der Waals surface area (Å²) < 4.78 is 3.80. The fraction of sp³-hybridized carbons (Fsp3) is 0.315. The van der Waals surface area contributed by atoms with Crippen LogP contribution in [0.3, 0.4) is 0 Å². The van der Waals surface area contributed by atoms with Gasteiger partial charge in [0.05, 0.1) is 50.6 Å². The molecule has 3 N–H and O–H groups in total. The van der Waals surface area contributed by atoms with Gasteiger partial charge in [-0.25, -0.2) is 19.9 Å². The summed E-state index contributed by atoms with van der Waals surface area (Å²) in [5.74, 6) is 0.596. The van der Waals surface area contributed by atoms with Crippen molar-refractivity contribution < 1.29 is 19.7 Å². The minimum atomic E-state index is -0.379. The topological polar surface area (TPSA) is 222 Å².